The third-order valence-corrected chi connectivity index (χ3v) is 5.12. The van der Waals surface area contributed by atoms with E-state index in [1.165, 1.54) is 21.8 Å². The van der Waals surface area contributed by atoms with Gasteiger partial charge in [0, 0.05) is 42.4 Å². The van der Waals surface area contributed by atoms with Crippen molar-refractivity contribution in [1.29, 1.82) is 0 Å². The molecule has 0 aromatic carbocycles. The lowest BCUT2D eigenvalue weighted by atomic mass is 10.1. The summed E-state index contributed by atoms with van der Waals surface area (Å²) in [5.41, 5.74) is 1.24. The molecule has 0 unspecified atom stereocenters. The lowest BCUT2D eigenvalue weighted by molar-refractivity contribution is -0.133. The average Bonchev–Trinajstić information content (AvgIpc) is 3.14. The van der Waals surface area contributed by atoms with Gasteiger partial charge in [-0.15, -0.1) is 22.7 Å². The smallest absolute Gasteiger partial charge is 0.226 e. The lowest BCUT2D eigenvalue weighted by Gasteiger charge is -2.27. The van der Waals surface area contributed by atoms with E-state index in [1.54, 1.807) is 22.9 Å². The summed E-state index contributed by atoms with van der Waals surface area (Å²) in [7, 11) is 0. The maximum atomic E-state index is 12.2. The number of thiophene rings is 1. The fourth-order valence-electron chi connectivity index (χ4n) is 2.31. The van der Waals surface area contributed by atoms with Crippen molar-refractivity contribution in [2.24, 2.45) is 0 Å². The van der Waals surface area contributed by atoms with Crippen LogP contribution in [0.2, 0.25) is 0 Å². The number of rotatable bonds is 4. The minimum Gasteiger partial charge on any atom is -0.338 e. The molecule has 5 nitrogen and oxygen atoms in total. The summed E-state index contributed by atoms with van der Waals surface area (Å²) in [4.78, 5) is 31.1. The molecule has 2 aromatic heterocycles. The van der Waals surface area contributed by atoms with Crippen LogP contribution in [0.3, 0.4) is 0 Å². The van der Waals surface area contributed by atoms with Crippen molar-refractivity contribution < 1.29 is 9.59 Å². The van der Waals surface area contributed by atoms with E-state index in [2.05, 4.69) is 21.7 Å². The highest BCUT2D eigenvalue weighted by molar-refractivity contribution is 7.13. The summed E-state index contributed by atoms with van der Waals surface area (Å²) < 4.78 is 0. The van der Waals surface area contributed by atoms with Crippen molar-refractivity contribution in [3.63, 3.8) is 0 Å². The van der Waals surface area contributed by atoms with Gasteiger partial charge in [0.1, 0.15) is 0 Å². The van der Waals surface area contributed by atoms with E-state index in [4.69, 9.17) is 0 Å². The van der Waals surface area contributed by atoms with E-state index in [-0.39, 0.29) is 24.7 Å². The molecule has 1 N–H and O–H groups in total. The molecule has 3 rings (SSSR count). The van der Waals surface area contributed by atoms with Gasteiger partial charge < -0.3 is 10.2 Å². The van der Waals surface area contributed by atoms with Crippen LogP contribution in [0.1, 0.15) is 23.3 Å². The van der Waals surface area contributed by atoms with Gasteiger partial charge in [0.05, 0.1) is 0 Å². The molecule has 1 aliphatic rings. The topological polar surface area (TPSA) is 62.3 Å². The summed E-state index contributed by atoms with van der Waals surface area (Å²) in [6.45, 7) is 1.42. The zero-order valence-corrected chi connectivity index (χ0v) is 13.0. The quantitative estimate of drug-likeness (QED) is 0.941. The molecule has 0 fully saturated rings. The van der Waals surface area contributed by atoms with Crippen LogP contribution < -0.4 is 5.32 Å². The van der Waals surface area contributed by atoms with Gasteiger partial charge in [0.15, 0.2) is 5.13 Å². The maximum Gasteiger partial charge on any atom is 0.226 e. The Morgan fingerprint density at radius 2 is 2.19 bits per heavy atom. The Morgan fingerprint density at radius 1 is 1.29 bits per heavy atom. The number of amides is 2. The van der Waals surface area contributed by atoms with Crippen LogP contribution >= 0.6 is 22.7 Å². The first-order chi connectivity index (χ1) is 10.2. The predicted octanol–water partition coefficient (Wildman–Crippen LogP) is 2.51. The summed E-state index contributed by atoms with van der Waals surface area (Å²) >= 11 is 3.12. The zero-order chi connectivity index (χ0) is 14.7. The third-order valence-electron chi connectivity index (χ3n) is 3.40. The number of fused-ring (bicyclic) bond motifs is 1. The van der Waals surface area contributed by atoms with E-state index >= 15 is 0 Å². The summed E-state index contributed by atoms with van der Waals surface area (Å²) in [5.74, 6) is -0.118. The number of thiazole rings is 1. The van der Waals surface area contributed by atoms with Crippen molar-refractivity contribution >= 4 is 39.6 Å². The lowest BCUT2D eigenvalue weighted by Crippen LogP contribution is -2.35. The fourth-order valence-corrected chi connectivity index (χ4v) is 3.74. The summed E-state index contributed by atoms with van der Waals surface area (Å²) in [5, 5.41) is 7.14. The molecular formula is C14H15N3O2S2. The second-order valence-electron chi connectivity index (χ2n) is 4.82. The highest BCUT2D eigenvalue weighted by atomic mass is 32.1. The summed E-state index contributed by atoms with van der Waals surface area (Å²) in [6.07, 6.45) is 3.00. The Labute approximate surface area is 130 Å². The molecule has 0 saturated heterocycles. The Balaban J connectivity index is 1.47. The monoisotopic (exact) mass is 321 g/mol. The molecule has 0 aliphatic carbocycles. The molecule has 21 heavy (non-hydrogen) atoms. The fraction of sp³-hybridized carbons (Fsp3) is 0.357. The first-order valence-corrected chi connectivity index (χ1v) is 8.50. The Hall–Kier alpha value is -1.73. The van der Waals surface area contributed by atoms with E-state index in [1.807, 2.05) is 4.90 Å². The molecule has 2 aromatic rings. The van der Waals surface area contributed by atoms with Crippen LogP contribution in [0.4, 0.5) is 5.13 Å². The SMILES string of the molecule is O=C(CCC(=O)N1CCc2sccc2C1)Nc1nccs1. The largest absolute Gasteiger partial charge is 0.338 e. The van der Waals surface area contributed by atoms with Crippen LogP contribution in [0.5, 0.6) is 0 Å². The van der Waals surface area contributed by atoms with Crippen molar-refractivity contribution in [3.05, 3.63) is 33.5 Å². The van der Waals surface area contributed by atoms with Gasteiger partial charge in [-0.1, -0.05) is 0 Å². The number of nitrogens with one attached hydrogen (secondary N) is 1. The highest BCUT2D eigenvalue weighted by Crippen LogP contribution is 2.24. The van der Waals surface area contributed by atoms with Crippen LogP contribution in [0.15, 0.2) is 23.0 Å². The number of anilines is 1. The Bertz CT molecular complexity index is 636. The number of carbonyl (C=O) groups is 2. The molecule has 0 saturated carbocycles. The Kier molecular flexibility index (Phi) is 4.31. The standard InChI is InChI=1S/C14H15N3O2S2/c18-12(16-14-15-5-8-21-14)1-2-13(19)17-6-3-11-10(9-17)4-7-20-11/h4-5,7-8H,1-3,6,9H2,(H,15,16,18). The van der Waals surface area contributed by atoms with Crippen LogP contribution in [-0.2, 0) is 22.6 Å². The number of hydrogen-bond acceptors (Lipinski definition) is 5. The average molecular weight is 321 g/mol. The van der Waals surface area contributed by atoms with E-state index in [0.29, 0.717) is 11.7 Å². The predicted molar refractivity (Wildman–Crippen MR) is 83.4 cm³/mol. The number of nitrogens with zero attached hydrogens (tertiary/aromatic N) is 2. The molecule has 1 aliphatic heterocycles. The van der Waals surface area contributed by atoms with E-state index in [0.717, 1.165) is 13.0 Å². The number of hydrogen-bond donors (Lipinski definition) is 1. The third kappa shape index (κ3) is 3.48. The molecule has 0 radical (unpaired) electrons. The van der Waals surface area contributed by atoms with Crippen molar-refractivity contribution in [2.45, 2.75) is 25.8 Å². The van der Waals surface area contributed by atoms with Gasteiger partial charge in [0.25, 0.3) is 0 Å². The van der Waals surface area contributed by atoms with Crippen LogP contribution in [0.25, 0.3) is 0 Å². The zero-order valence-electron chi connectivity index (χ0n) is 11.4. The number of aromatic nitrogens is 1. The molecular weight excluding hydrogens is 306 g/mol. The van der Waals surface area contributed by atoms with Gasteiger partial charge in [0.2, 0.25) is 11.8 Å². The number of carbonyl (C=O) groups excluding carboxylic acids is 2. The highest BCUT2D eigenvalue weighted by Gasteiger charge is 2.21. The normalized spacial score (nSPS) is 13.8. The van der Waals surface area contributed by atoms with Crippen molar-refractivity contribution in [1.82, 2.24) is 9.88 Å². The Morgan fingerprint density at radius 3 is 3.00 bits per heavy atom. The molecule has 7 heteroatoms. The van der Waals surface area contributed by atoms with Gasteiger partial charge >= 0.3 is 0 Å². The molecule has 2 amide bonds. The van der Waals surface area contributed by atoms with Crippen molar-refractivity contribution in [3.8, 4) is 0 Å². The van der Waals surface area contributed by atoms with Gasteiger partial charge in [-0.25, -0.2) is 4.98 Å². The maximum absolute atomic E-state index is 12.2. The molecule has 0 bridgehead atoms. The molecule has 0 spiro atoms. The second kappa shape index (κ2) is 6.36. The van der Waals surface area contributed by atoms with Gasteiger partial charge in [-0.05, 0) is 23.4 Å². The molecule has 0 atom stereocenters. The minimum absolute atomic E-state index is 0.0427. The van der Waals surface area contributed by atoms with Crippen LogP contribution in [0, 0.1) is 0 Å². The van der Waals surface area contributed by atoms with Crippen molar-refractivity contribution in [2.75, 3.05) is 11.9 Å². The summed E-state index contributed by atoms with van der Waals surface area (Å²) in [6, 6.07) is 2.08. The van der Waals surface area contributed by atoms with E-state index in [9.17, 15) is 9.59 Å². The van der Waals surface area contributed by atoms with Gasteiger partial charge in [-0.2, -0.15) is 0 Å². The van der Waals surface area contributed by atoms with Crippen LogP contribution in [-0.4, -0.2) is 28.2 Å². The second-order valence-corrected chi connectivity index (χ2v) is 6.71. The molecule has 3 heterocycles. The first-order valence-electron chi connectivity index (χ1n) is 6.75. The van der Waals surface area contributed by atoms with Gasteiger partial charge in [-0.3, -0.25) is 9.59 Å². The molecule has 110 valence electrons. The minimum atomic E-state index is -0.161. The first kappa shape index (κ1) is 14.2. The van der Waals surface area contributed by atoms with E-state index < -0.39 is 0 Å².